The van der Waals surface area contributed by atoms with Gasteiger partial charge in [0.05, 0.1) is 22.9 Å². The third-order valence-electron chi connectivity index (χ3n) is 5.17. The zero-order valence-electron chi connectivity index (χ0n) is 16.3. The van der Waals surface area contributed by atoms with Crippen LogP contribution in [-0.4, -0.2) is 36.5 Å². The number of aromatic nitrogens is 3. The molecule has 0 radical (unpaired) electrons. The molecule has 0 saturated carbocycles. The first kappa shape index (κ1) is 19.1. The second-order valence-corrected chi connectivity index (χ2v) is 7.95. The van der Waals surface area contributed by atoms with Crippen LogP contribution in [0.4, 0.5) is 0 Å². The van der Waals surface area contributed by atoms with Gasteiger partial charge >= 0.3 is 0 Å². The second-order valence-electron chi connectivity index (χ2n) is 6.97. The Morgan fingerprint density at radius 2 is 2.03 bits per heavy atom. The Bertz CT molecular complexity index is 1120. The molecule has 0 aromatic carbocycles. The third kappa shape index (κ3) is 3.15. The number of carbonyl (C=O) groups excluding carboxylic acids is 2. The third-order valence-corrected chi connectivity index (χ3v) is 6.10. The monoisotopic (exact) mass is 408 g/mol. The van der Waals surface area contributed by atoms with Crippen molar-refractivity contribution < 1.29 is 14.7 Å². The van der Waals surface area contributed by atoms with Crippen LogP contribution < -0.4 is 0 Å². The first-order chi connectivity index (χ1) is 13.9. The van der Waals surface area contributed by atoms with E-state index in [2.05, 4.69) is 10.1 Å². The lowest BCUT2D eigenvalue weighted by molar-refractivity contribution is -0.140. The number of Topliss-reactive ketones (excluding diaryl/α,β-unsaturated/α-hetero) is 1. The van der Waals surface area contributed by atoms with Gasteiger partial charge in [0, 0.05) is 36.6 Å². The molecule has 1 N–H and O–H groups in total. The minimum absolute atomic E-state index is 0.0977. The smallest absolute Gasteiger partial charge is 0.295 e. The van der Waals surface area contributed by atoms with Crippen molar-refractivity contribution in [2.24, 2.45) is 7.05 Å². The fourth-order valence-electron chi connectivity index (χ4n) is 3.73. The van der Waals surface area contributed by atoms with Gasteiger partial charge in [-0.1, -0.05) is 12.1 Å². The Balaban J connectivity index is 1.88. The van der Waals surface area contributed by atoms with Gasteiger partial charge in [-0.25, -0.2) is 0 Å². The van der Waals surface area contributed by atoms with Crippen molar-refractivity contribution >= 4 is 28.8 Å². The van der Waals surface area contributed by atoms with Gasteiger partial charge in [-0.15, -0.1) is 11.3 Å². The molecular formula is C21H20N4O3S. The summed E-state index contributed by atoms with van der Waals surface area (Å²) in [6.45, 7) is 3.82. The Labute approximate surface area is 171 Å². The molecule has 0 spiro atoms. The molecule has 1 aliphatic rings. The number of aliphatic hydroxyl groups is 1. The summed E-state index contributed by atoms with van der Waals surface area (Å²) in [5.41, 5.74) is 2.73. The van der Waals surface area contributed by atoms with Crippen molar-refractivity contribution in [2.45, 2.75) is 26.4 Å². The molecular weight excluding hydrogens is 388 g/mol. The Morgan fingerprint density at radius 1 is 1.24 bits per heavy atom. The highest BCUT2D eigenvalue weighted by Crippen LogP contribution is 2.42. The molecule has 1 fully saturated rings. The summed E-state index contributed by atoms with van der Waals surface area (Å²) >= 11 is 1.44. The molecule has 148 valence electrons. The predicted molar refractivity (Wildman–Crippen MR) is 109 cm³/mol. The van der Waals surface area contributed by atoms with Crippen molar-refractivity contribution in [3.63, 3.8) is 0 Å². The summed E-state index contributed by atoms with van der Waals surface area (Å²) in [4.78, 5) is 32.3. The minimum atomic E-state index is -0.688. The van der Waals surface area contributed by atoms with E-state index in [-0.39, 0.29) is 17.9 Å². The lowest BCUT2D eigenvalue weighted by Gasteiger charge is -2.24. The molecule has 1 unspecified atom stereocenters. The van der Waals surface area contributed by atoms with Crippen LogP contribution in [0.5, 0.6) is 0 Å². The number of ketones is 1. The number of aryl methyl sites for hydroxylation is 2. The van der Waals surface area contributed by atoms with E-state index >= 15 is 0 Å². The average molecular weight is 408 g/mol. The quantitative estimate of drug-likeness (QED) is 0.407. The maximum absolute atomic E-state index is 13.0. The van der Waals surface area contributed by atoms with Crippen molar-refractivity contribution in [3.8, 4) is 0 Å². The van der Waals surface area contributed by atoms with Gasteiger partial charge in [-0.3, -0.25) is 19.3 Å². The molecule has 4 heterocycles. The van der Waals surface area contributed by atoms with Gasteiger partial charge in [0.2, 0.25) is 0 Å². The number of rotatable bonds is 4. The molecule has 4 rings (SSSR count). The van der Waals surface area contributed by atoms with Crippen molar-refractivity contribution in [3.05, 3.63) is 75.0 Å². The largest absolute Gasteiger partial charge is 0.507 e. The molecule has 0 bridgehead atoms. The number of hydrogen-bond donors (Lipinski definition) is 1. The Morgan fingerprint density at radius 3 is 2.62 bits per heavy atom. The number of pyridine rings is 1. The number of likely N-dealkylation sites (tertiary alicyclic amines) is 1. The number of hydrogen-bond acceptors (Lipinski definition) is 6. The summed E-state index contributed by atoms with van der Waals surface area (Å²) in [5.74, 6) is -1.50. The number of carbonyl (C=O) groups is 2. The van der Waals surface area contributed by atoms with Gasteiger partial charge in [-0.2, -0.15) is 5.10 Å². The number of nitrogens with zero attached hydrogens (tertiary/aromatic N) is 4. The van der Waals surface area contributed by atoms with Crippen molar-refractivity contribution in [2.75, 3.05) is 0 Å². The molecule has 3 aromatic heterocycles. The predicted octanol–water partition coefficient (Wildman–Crippen LogP) is 3.12. The van der Waals surface area contributed by atoms with E-state index in [0.717, 1.165) is 16.1 Å². The highest BCUT2D eigenvalue weighted by molar-refractivity contribution is 7.10. The molecule has 1 saturated heterocycles. The van der Waals surface area contributed by atoms with Gasteiger partial charge in [0.25, 0.3) is 11.7 Å². The molecule has 1 aliphatic heterocycles. The zero-order chi connectivity index (χ0) is 20.7. The van der Waals surface area contributed by atoms with Crippen LogP contribution in [0.3, 0.4) is 0 Å². The van der Waals surface area contributed by atoms with E-state index in [4.69, 9.17) is 0 Å². The highest BCUT2D eigenvalue weighted by Gasteiger charge is 2.47. The number of amides is 1. The minimum Gasteiger partial charge on any atom is -0.507 e. The molecule has 8 heteroatoms. The maximum Gasteiger partial charge on any atom is 0.295 e. The summed E-state index contributed by atoms with van der Waals surface area (Å²) in [6, 6.07) is 6.72. The fraction of sp³-hybridized carbons (Fsp3) is 0.238. The molecule has 7 nitrogen and oxygen atoms in total. The van der Waals surface area contributed by atoms with Crippen LogP contribution in [0.1, 0.15) is 33.4 Å². The van der Waals surface area contributed by atoms with Crippen LogP contribution in [-0.2, 0) is 23.2 Å². The van der Waals surface area contributed by atoms with Gasteiger partial charge < -0.3 is 10.0 Å². The SMILES string of the molecule is Cc1nn(C)c(C)c1/C(O)=C1\C(=O)C(=O)N(Cc2cccnc2)C1c1cccs1. The summed E-state index contributed by atoms with van der Waals surface area (Å²) < 4.78 is 1.65. The van der Waals surface area contributed by atoms with Gasteiger partial charge in [0.15, 0.2) is 0 Å². The van der Waals surface area contributed by atoms with Gasteiger partial charge in [-0.05, 0) is 36.9 Å². The molecule has 1 amide bonds. The molecule has 1 atom stereocenters. The summed E-state index contributed by atoms with van der Waals surface area (Å²) in [7, 11) is 1.77. The number of thiophene rings is 1. The van der Waals surface area contributed by atoms with Crippen molar-refractivity contribution in [1.82, 2.24) is 19.7 Å². The zero-order valence-corrected chi connectivity index (χ0v) is 17.1. The van der Waals surface area contributed by atoms with Crippen LogP contribution in [0.15, 0.2) is 47.6 Å². The van der Waals surface area contributed by atoms with Gasteiger partial charge in [0.1, 0.15) is 5.76 Å². The van der Waals surface area contributed by atoms with E-state index in [9.17, 15) is 14.7 Å². The average Bonchev–Trinajstić information content (AvgIpc) is 3.37. The van der Waals surface area contributed by atoms with Crippen LogP contribution in [0.2, 0.25) is 0 Å². The fourth-order valence-corrected chi connectivity index (χ4v) is 4.57. The lowest BCUT2D eigenvalue weighted by Crippen LogP contribution is -2.28. The van der Waals surface area contributed by atoms with Crippen molar-refractivity contribution in [1.29, 1.82) is 0 Å². The number of aliphatic hydroxyl groups excluding tert-OH is 1. The maximum atomic E-state index is 13.0. The van der Waals surface area contributed by atoms with E-state index in [1.54, 1.807) is 37.1 Å². The van der Waals surface area contributed by atoms with E-state index in [1.807, 2.05) is 30.5 Å². The van der Waals surface area contributed by atoms with Crippen LogP contribution in [0.25, 0.3) is 5.76 Å². The standard InChI is InChI=1S/C21H20N4O3S/c1-12-16(13(2)24(3)23-12)19(26)17-18(15-7-5-9-29-15)25(21(28)20(17)27)11-14-6-4-8-22-10-14/h4-10,18,26H,11H2,1-3H3/b19-17+. The Hall–Kier alpha value is -3.26. The lowest BCUT2D eigenvalue weighted by atomic mass is 9.99. The first-order valence-corrected chi connectivity index (χ1v) is 9.99. The summed E-state index contributed by atoms with van der Waals surface area (Å²) in [6.07, 6.45) is 3.32. The highest BCUT2D eigenvalue weighted by atomic mass is 32.1. The first-order valence-electron chi connectivity index (χ1n) is 9.11. The van der Waals surface area contributed by atoms with E-state index in [1.165, 1.54) is 16.2 Å². The van der Waals surface area contributed by atoms with E-state index < -0.39 is 17.7 Å². The molecule has 29 heavy (non-hydrogen) atoms. The second kappa shape index (κ2) is 7.29. The topological polar surface area (TPSA) is 88.3 Å². The van der Waals surface area contributed by atoms with Crippen LogP contribution >= 0.6 is 11.3 Å². The normalized spacial score (nSPS) is 18.6. The Kier molecular flexibility index (Phi) is 4.79. The summed E-state index contributed by atoms with van der Waals surface area (Å²) in [5, 5.41) is 17.4. The molecule has 0 aliphatic carbocycles. The molecule has 3 aromatic rings. The van der Waals surface area contributed by atoms with Crippen LogP contribution in [0, 0.1) is 13.8 Å². The van der Waals surface area contributed by atoms with E-state index in [0.29, 0.717) is 11.3 Å².